The summed E-state index contributed by atoms with van der Waals surface area (Å²) in [5.41, 5.74) is 0.101. The molecule has 0 aromatic carbocycles. The molecule has 0 aromatic heterocycles. The SMILES string of the molecule is CC(C)CCC1(CCN2C(=O)CCC2=O)CCOC(C)(C)C1. The highest BCUT2D eigenvalue weighted by Gasteiger charge is 2.41. The van der Waals surface area contributed by atoms with E-state index < -0.39 is 0 Å². The standard InChI is InChI=1S/C18H31NO3/c1-14(2)7-8-18(10-12-22-17(3,4)13-18)9-11-19-15(20)5-6-16(19)21/h14H,5-13H2,1-4H3. The molecule has 0 aromatic rings. The van der Waals surface area contributed by atoms with E-state index in [2.05, 4.69) is 27.7 Å². The Kier molecular flexibility index (Phi) is 5.31. The Bertz CT molecular complexity index is 414. The number of amides is 2. The zero-order chi connectivity index (χ0) is 16.4. The zero-order valence-electron chi connectivity index (χ0n) is 14.6. The topological polar surface area (TPSA) is 46.6 Å². The predicted molar refractivity (Wildman–Crippen MR) is 86.3 cm³/mol. The summed E-state index contributed by atoms with van der Waals surface area (Å²) in [7, 11) is 0. The number of carbonyl (C=O) groups is 2. The van der Waals surface area contributed by atoms with Crippen molar-refractivity contribution in [2.75, 3.05) is 13.2 Å². The first-order valence-corrected chi connectivity index (χ1v) is 8.70. The van der Waals surface area contributed by atoms with Crippen LogP contribution in [0.2, 0.25) is 0 Å². The van der Waals surface area contributed by atoms with Gasteiger partial charge in [0.05, 0.1) is 5.60 Å². The Hall–Kier alpha value is -0.900. The van der Waals surface area contributed by atoms with Gasteiger partial charge in [0.15, 0.2) is 0 Å². The van der Waals surface area contributed by atoms with Crippen LogP contribution >= 0.6 is 0 Å². The van der Waals surface area contributed by atoms with Gasteiger partial charge in [-0.2, -0.15) is 0 Å². The number of hydrogen-bond acceptors (Lipinski definition) is 3. The van der Waals surface area contributed by atoms with Gasteiger partial charge in [0.2, 0.25) is 11.8 Å². The molecule has 2 heterocycles. The second-order valence-electron chi connectivity index (χ2n) is 8.16. The molecule has 2 amide bonds. The number of rotatable bonds is 6. The second-order valence-corrected chi connectivity index (χ2v) is 8.16. The van der Waals surface area contributed by atoms with Crippen molar-refractivity contribution in [1.29, 1.82) is 0 Å². The second kappa shape index (κ2) is 6.69. The van der Waals surface area contributed by atoms with Crippen molar-refractivity contribution in [2.24, 2.45) is 11.3 Å². The van der Waals surface area contributed by atoms with Crippen LogP contribution in [0.15, 0.2) is 0 Å². The third kappa shape index (κ3) is 4.31. The minimum absolute atomic E-state index is 0.00956. The molecule has 0 aliphatic carbocycles. The van der Waals surface area contributed by atoms with E-state index in [1.54, 1.807) is 0 Å². The van der Waals surface area contributed by atoms with Gasteiger partial charge in [-0.25, -0.2) is 0 Å². The van der Waals surface area contributed by atoms with Crippen molar-refractivity contribution in [3.05, 3.63) is 0 Å². The van der Waals surface area contributed by atoms with Crippen LogP contribution in [0, 0.1) is 11.3 Å². The molecule has 1 atom stereocenters. The maximum Gasteiger partial charge on any atom is 0.229 e. The fourth-order valence-electron chi connectivity index (χ4n) is 3.95. The number of carbonyl (C=O) groups excluding carboxylic acids is 2. The maximum atomic E-state index is 11.8. The summed E-state index contributed by atoms with van der Waals surface area (Å²) in [5.74, 6) is 0.698. The Morgan fingerprint density at radius 1 is 1.14 bits per heavy atom. The lowest BCUT2D eigenvalue weighted by Gasteiger charge is -2.46. The monoisotopic (exact) mass is 309 g/mol. The van der Waals surface area contributed by atoms with E-state index in [-0.39, 0.29) is 22.8 Å². The molecule has 4 nitrogen and oxygen atoms in total. The fourth-order valence-corrected chi connectivity index (χ4v) is 3.95. The molecule has 2 fully saturated rings. The third-order valence-electron chi connectivity index (χ3n) is 5.20. The van der Waals surface area contributed by atoms with Gasteiger partial charge >= 0.3 is 0 Å². The first kappa shape index (κ1) is 17.5. The van der Waals surface area contributed by atoms with Crippen LogP contribution in [0.1, 0.15) is 72.6 Å². The molecule has 22 heavy (non-hydrogen) atoms. The normalized spacial score (nSPS) is 28.7. The van der Waals surface area contributed by atoms with Gasteiger partial charge in [-0.1, -0.05) is 20.3 Å². The van der Waals surface area contributed by atoms with Crippen molar-refractivity contribution in [2.45, 2.75) is 78.2 Å². The summed E-state index contributed by atoms with van der Waals surface area (Å²) in [6.45, 7) is 10.2. The van der Waals surface area contributed by atoms with Gasteiger partial charge in [0.25, 0.3) is 0 Å². The van der Waals surface area contributed by atoms with Crippen molar-refractivity contribution in [3.63, 3.8) is 0 Å². The summed E-state index contributed by atoms with van der Waals surface area (Å²) >= 11 is 0. The van der Waals surface area contributed by atoms with E-state index in [1.165, 1.54) is 11.3 Å². The van der Waals surface area contributed by atoms with E-state index in [4.69, 9.17) is 4.74 Å². The molecule has 0 radical (unpaired) electrons. The predicted octanol–water partition coefficient (Wildman–Crippen LogP) is 3.54. The van der Waals surface area contributed by atoms with Gasteiger partial charge in [-0.05, 0) is 50.9 Å². The Morgan fingerprint density at radius 3 is 2.32 bits per heavy atom. The summed E-state index contributed by atoms with van der Waals surface area (Å²) in [6, 6.07) is 0. The van der Waals surface area contributed by atoms with Gasteiger partial charge in [0, 0.05) is 26.0 Å². The van der Waals surface area contributed by atoms with E-state index in [0.717, 1.165) is 32.3 Å². The summed E-state index contributed by atoms with van der Waals surface area (Å²) in [4.78, 5) is 25.2. The lowest BCUT2D eigenvalue weighted by atomic mass is 9.68. The third-order valence-corrected chi connectivity index (χ3v) is 5.20. The number of likely N-dealkylation sites (tertiary alicyclic amines) is 1. The zero-order valence-corrected chi connectivity index (χ0v) is 14.6. The van der Waals surface area contributed by atoms with E-state index >= 15 is 0 Å². The Morgan fingerprint density at radius 2 is 1.77 bits per heavy atom. The minimum atomic E-state index is -0.103. The van der Waals surface area contributed by atoms with E-state index in [1.807, 2.05) is 0 Å². The van der Waals surface area contributed by atoms with Gasteiger partial charge in [-0.3, -0.25) is 14.5 Å². The molecule has 126 valence electrons. The van der Waals surface area contributed by atoms with Crippen molar-refractivity contribution >= 4 is 11.8 Å². The van der Waals surface area contributed by atoms with Crippen LogP contribution < -0.4 is 0 Å². The number of hydrogen-bond donors (Lipinski definition) is 0. The summed E-state index contributed by atoms with van der Waals surface area (Å²) in [5, 5.41) is 0. The van der Waals surface area contributed by atoms with Crippen LogP contribution in [-0.2, 0) is 14.3 Å². The van der Waals surface area contributed by atoms with Crippen LogP contribution in [0.5, 0.6) is 0 Å². The van der Waals surface area contributed by atoms with Crippen LogP contribution in [0.4, 0.5) is 0 Å². The molecule has 1 unspecified atom stereocenters. The molecule has 2 aliphatic heterocycles. The maximum absolute atomic E-state index is 11.8. The van der Waals surface area contributed by atoms with Crippen LogP contribution in [0.25, 0.3) is 0 Å². The van der Waals surface area contributed by atoms with Crippen molar-refractivity contribution in [1.82, 2.24) is 4.90 Å². The number of imide groups is 1. The first-order valence-electron chi connectivity index (χ1n) is 8.70. The molecule has 0 N–H and O–H groups in total. The van der Waals surface area contributed by atoms with Gasteiger partial charge in [-0.15, -0.1) is 0 Å². The summed E-state index contributed by atoms with van der Waals surface area (Å²) < 4.78 is 5.89. The molecule has 2 saturated heterocycles. The molecule has 4 heteroatoms. The number of nitrogens with zero attached hydrogens (tertiary/aromatic N) is 1. The van der Waals surface area contributed by atoms with Crippen molar-refractivity contribution < 1.29 is 14.3 Å². The smallest absolute Gasteiger partial charge is 0.229 e. The largest absolute Gasteiger partial charge is 0.376 e. The molecular formula is C18H31NO3. The molecule has 2 rings (SSSR count). The molecule has 0 spiro atoms. The van der Waals surface area contributed by atoms with Gasteiger partial charge < -0.3 is 4.74 Å². The number of ether oxygens (including phenoxy) is 1. The quantitative estimate of drug-likeness (QED) is 0.705. The van der Waals surface area contributed by atoms with Crippen LogP contribution in [-0.4, -0.2) is 35.5 Å². The molecule has 0 saturated carbocycles. The molecule has 0 bridgehead atoms. The van der Waals surface area contributed by atoms with Crippen molar-refractivity contribution in [3.8, 4) is 0 Å². The van der Waals surface area contributed by atoms with Crippen LogP contribution in [0.3, 0.4) is 0 Å². The highest BCUT2D eigenvalue weighted by Crippen LogP contribution is 2.45. The van der Waals surface area contributed by atoms with E-state index in [0.29, 0.717) is 25.3 Å². The lowest BCUT2D eigenvalue weighted by molar-refractivity contribution is -0.140. The minimum Gasteiger partial charge on any atom is -0.376 e. The average molecular weight is 309 g/mol. The summed E-state index contributed by atoms with van der Waals surface area (Å²) in [6.07, 6.45) is 6.12. The lowest BCUT2D eigenvalue weighted by Crippen LogP contribution is -2.43. The highest BCUT2D eigenvalue weighted by atomic mass is 16.5. The first-order chi connectivity index (χ1) is 10.2. The average Bonchev–Trinajstić information content (AvgIpc) is 2.73. The highest BCUT2D eigenvalue weighted by molar-refractivity contribution is 6.01. The Labute approximate surface area is 134 Å². The Balaban J connectivity index is 2.04. The molecular weight excluding hydrogens is 278 g/mol. The van der Waals surface area contributed by atoms with Gasteiger partial charge in [0.1, 0.15) is 0 Å². The molecule has 2 aliphatic rings. The van der Waals surface area contributed by atoms with E-state index in [9.17, 15) is 9.59 Å². The fraction of sp³-hybridized carbons (Fsp3) is 0.889.